The van der Waals surface area contributed by atoms with Gasteiger partial charge in [-0.05, 0) is 33.2 Å². The average molecular weight is 217 g/mol. The molecule has 0 aromatic carbocycles. The van der Waals surface area contributed by atoms with Crippen molar-refractivity contribution in [3.8, 4) is 0 Å². The lowest BCUT2D eigenvalue weighted by molar-refractivity contribution is -0.190. The molecule has 90 valence electrons. The first kappa shape index (κ1) is 14.3. The molecular formula is C10H23N3O2. The third-order valence-corrected chi connectivity index (χ3v) is 2.20. The average Bonchev–Trinajstić information content (AvgIpc) is 2.25. The molecule has 0 aliphatic heterocycles. The van der Waals surface area contributed by atoms with Crippen LogP contribution in [0.2, 0.25) is 0 Å². The second kappa shape index (κ2) is 8.64. The summed E-state index contributed by atoms with van der Waals surface area (Å²) < 4.78 is 0. The van der Waals surface area contributed by atoms with Crippen LogP contribution in [0.15, 0.2) is 0 Å². The highest BCUT2D eigenvalue weighted by Crippen LogP contribution is 2.01. The standard InChI is InChI=1S/C10H23N3O2/c1-3-13(4-2)15-10(14)9(12)7-5-6-8-11/h9H,3-8,11-12H2,1-2H3/t9-/m0/s1. The van der Waals surface area contributed by atoms with Gasteiger partial charge in [-0.15, -0.1) is 5.06 Å². The molecule has 0 unspecified atom stereocenters. The molecule has 0 aliphatic rings. The third kappa shape index (κ3) is 6.43. The van der Waals surface area contributed by atoms with Crippen molar-refractivity contribution in [3.05, 3.63) is 0 Å². The zero-order chi connectivity index (χ0) is 11.7. The van der Waals surface area contributed by atoms with E-state index in [0.717, 1.165) is 12.8 Å². The number of nitrogens with zero attached hydrogens (tertiary/aromatic N) is 1. The molecule has 0 fully saturated rings. The normalized spacial score (nSPS) is 12.9. The smallest absolute Gasteiger partial charge is 0.341 e. The van der Waals surface area contributed by atoms with Crippen LogP contribution in [-0.4, -0.2) is 36.7 Å². The zero-order valence-electron chi connectivity index (χ0n) is 9.74. The molecular weight excluding hydrogens is 194 g/mol. The van der Waals surface area contributed by atoms with Crippen molar-refractivity contribution >= 4 is 5.97 Å². The Kier molecular flexibility index (Phi) is 8.27. The molecule has 0 radical (unpaired) electrons. The van der Waals surface area contributed by atoms with Gasteiger partial charge in [0.2, 0.25) is 0 Å². The van der Waals surface area contributed by atoms with Gasteiger partial charge in [-0.25, -0.2) is 4.79 Å². The second-order valence-corrected chi connectivity index (χ2v) is 3.42. The maximum Gasteiger partial charge on any atom is 0.341 e. The number of unbranched alkanes of at least 4 members (excludes halogenated alkanes) is 1. The SMILES string of the molecule is CCN(CC)OC(=O)[C@@H](N)CCCCN. The quantitative estimate of drug-likeness (QED) is 0.449. The summed E-state index contributed by atoms with van der Waals surface area (Å²) in [6.07, 6.45) is 2.40. The van der Waals surface area contributed by atoms with Gasteiger partial charge in [0.25, 0.3) is 0 Å². The monoisotopic (exact) mass is 217 g/mol. The summed E-state index contributed by atoms with van der Waals surface area (Å²) in [6.45, 7) is 5.85. The predicted molar refractivity (Wildman–Crippen MR) is 59.9 cm³/mol. The van der Waals surface area contributed by atoms with Gasteiger partial charge in [0.15, 0.2) is 0 Å². The second-order valence-electron chi connectivity index (χ2n) is 3.42. The van der Waals surface area contributed by atoms with Gasteiger partial charge >= 0.3 is 5.97 Å². The van der Waals surface area contributed by atoms with Crippen LogP contribution in [0, 0.1) is 0 Å². The van der Waals surface area contributed by atoms with Crippen LogP contribution >= 0.6 is 0 Å². The van der Waals surface area contributed by atoms with E-state index in [1.54, 1.807) is 5.06 Å². The predicted octanol–water partition coefficient (Wildman–Crippen LogP) is 0.243. The van der Waals surface area contributed by atoms with E-state index in [9.17, 15) is 4.79 Å². The van der Waals surface area contributed by atoms with E-state index >= 15 is 0 Å². The van der Waals surface area contributed by atoms with Gasteiger partial charge in [-0.2, -0.15) is 0 Å². The Morgan fingerprint density at radius 3 is 2.40 bits per heavy atom. The topological polar surface area (TPSA) is 81.6 Å². The number of rotatable bonds is 8. The van der Waals surface area contributed by atoms with E-state index in [1.807, 2.05) is 13.8 Å². The van der Waals surface area contributed by atoms with Gasteiger partial charge in [-0.1, -0.05) is 6.42 Å². The molecule has 1 atom stereocenters. The van der Waals surface area contributed by atoms with Crippen LogP contribution < -0.4 is 11.5 Å². The molecule has 0 aromatic heterocycles. The molecule has 0 rings (SSSR count). The van der Waals surface area contributed by atoms with Crippen molar-refractivity contribution in [3.63, 3.8) is 0 Å². The highest BCUT2D eigenvalue weighted by molar-refractivity contribution is 5.75. The maximum atomic E-state index is 11.4. The summed E-state index contributed by atoms with van der Waals surface area (Å²) >= 11 is 0. The number of hydroxylamine groups is 2. The molecule has 0 saturated carbocycles. The van der Waals surface area contributed by atoms with E-state index in [4.69, 9.17) is 16.3 Å². The van der Waals surface area contributed by atoms with Crippen molar-refractivity contribution in [1.29, 1.82) is 0 Å². The molecule has 15 heavy (non-hydrogen) atoms. The van der Waals surface area contributed by atoms with Gasteiger partial charge in [-0.3, -0.25) is 0 Å². The molecule has 0 aliphatic carbocycles. The lowest BCUT2D eigenvalue weighted by Gasteiger charge is -2.19. The number of hydrogen-bond donors (Lipinski definition) is 2. The lowest BCUT2D eigenvalue weighted by Crippen LogP contribution is -2.38. The van der Waals surface area contributed by atoms with E-state index in [2.05, 4.69) is 0 Å². The highest BCUT2D eigenvalue weighted by Gasteiger charge is 2.17. The first-order valence-corrected chi connectivity index (χ1v) is 5.58. The Morgan fingerprint density at radius 2 is 1.93 bits per heavy atom. The van der Waals surface area contributed by atoms with Crippen LogP contribution in [0.4, 0.5) is 0 Å². The first-order chi connectivity index (χ1) is 7.15. The molecule has 0 spiro atoms. The Hall–Kier alpha value is -0.650. The molecule has 5 nitrogen and oxygen atoms in total. The molecule has 0 saturated heterocycles. The van der Waals surface area contributed by atoms with Crippen LogP contribution in [0.3, 0.4) is 0 Å². The van der Waals surface area contributed by atoms with Gasteiger partial charge in [0, 0.05) is 13.1 Å². The van der Waals surface area contributed by atoms with Crippen molar-refractivity contribution in [2.24, 2.45) is 11.5 Å². The van der Waals surface area contributed by atoms with E-state index in [-0.39, 0.29) is 5.97 Å². The Morgan fingerprint density at radius 1 is 1.33 bits per heavy atom. The summed E-state index contributed by atoms with van der Waals surface area (Å²) in [5.74, 6) is -0.351. The Balaban J connectivity index is 3.77. The number of nitrogens with two attached hydrogens (primary N) is 2. The van der Waals surface area contributed by atoms with Gasteiger partial charge < -0.3 is 16.3 Å². The van der Waals surface area contributed by atoms with Gasteiger partial charge in [0.05, 0.1) is 0 Å². The lowest BCUT2D eigenvalue weighted by atomic mass is 10.1. The van der Waals surface area contributed by atoms with Crippen molar-refractivity contribution in [2.75, 3.05) is 19.6 Å². The fourth-order valence-electron chi connectivity index (χ4n) is 1.17. The fraction of sp³-hybridized carbons (Fsp3) is 0.900. The Labute approximate surface area is 91.7 Å². The molecule has 0 heterocycles. The van der Waals surface area contributed by atoms with E-state index in [1.165, 1.54) is 0 Å². The highest BCUT2D eigenvalue weighted by atomic mass is 16.7. The largest absolute Gasteiger partial charge is 0.366 e. The molecule has 0 amide bonds. The van der Waals surface area contributed by atoms with Crippen LogP contribution in [0.5, 0.6) is 0 Å². The molecule has 0 aromatic rings. The number of hydrogen-bond acceptors (Lipinski definition) is 5. The minimum atomic E-state index is -0.530. The molecule has 4 N–H and O–H groups in total. The van der Waals surface area contributed by atoms with Crippen molar-refractivity contribution < 1.29 is 9.63 Å². The minimum Gasteiger partial charge on any atom is -0.366 e. The fourth-order valence-corrected chi connectivity index (χ4v) is 1.17. The molecule has 0 bridgehead atoms. The number of carbonyl (C=O) groups is 1. The van der Waals surface area contributed by atoms with Gasteiger partial charge in [0.1, 0.15) is 6.04 Å². The maximum absolute atomic E-state index is 11.4. The summed E-state index contributed by atoms with van der Waals surface area (Å²) in [7, 11) is 0. The van der Waals surface area contributed by atoms with Crippen LogP contribution in [-0.2, 0) is 9.63 Å². The van der Waals surface area contributed by atoms with Crippen molar-refractivity contribution in [2.45, 2.75) is 39.2 Å². The first-order valence-electron chi connectivity index (χ1n) is 5.58. The van der Waals surface area contributed by atoms with Crippen LogP contribution in [0.1, 0.15) is 33.1 Å². The van der Waals surface area contributed by atoms with Crippen LogP contribution in [0.25, 0.3) is 0 Å². The summed E-state index contributed by atoms with van der Waals surface area (Å²) in [4.78, 5) is 16.5. The third-order valence-electron chi connectivity index (χ3n) is 2.20. The van der Waals surface area contributed by atoms with E-state index < -0.39 is 6.04 Å². The minimum absolute atomic E-state index is 0.351. The Bertz CT molecular complexity index is 172. The summed E-state index contributed by atoms with van der Waals surface area (Å²) in [5, 5.41) is 1.59. The summed E-state index contributed by atoms with van der Waals surface area (Å²) in [6, 6.07) is -0.530. The van der Waals surface area contributed by atoms with E-state index in [0.29, 0.717) is 26.1 Å². The number of carbonyl (C=O) groups excluding carboxylic acids is 1. The van der Waals surface area contributed by atoms with Crippen molar-refractivity contribution in [1.82, 2.24) is 5.06 Å². The zero-order valence-corrected chi connectivity index (χ0v) is 9.74. The summed E-state index contributed by atoms with van der Waals surface area (Å²) in [5.41, 5.74) is 11.0. The molecule has 5 heteroatoms.